The minimum absolute atomic E-state index is 0.0292. The van der Waals surface area contributed by atoms with Crippen LogP contribution in [0.2, 0.25) is 0 Å². The van der Waals surface area contributed by atoms with E-state index >= 15 is 0 Å². The van der Waals surface area contributed by atoms with Crippen molar-refractivity contribution in [1.29, 1.82) is 0 Å². The van der Waals surface area contributed by atoms with Gasteiger partial charge in [-0.15, -0.1) is 0 Å². The van der Waals surface area contributed by atoms with E-state index in [0.29, 0.717) is 0 Å². The van der Waals surface area contributed by atoms with Crippen molar-refractivity contribution in [2.75, 3.05) is 0 Å². The van der Waals surface area contributed by atoms with Gasteiger partial charge in [-0.25, -0.2) is 4.98 Å². The number of aromatic nitrogens is 2. The molecule has 0 amide bonds. The Morgan fingerprint density at radius 2 is 1.77 bits per heavy atom. The van der Waals surface area contributed by atoms with Gasteiger partial charge < -0.3 is 0 Å². The Bertz CT molecular complexity index is 1980. The van der Waals surface area contributed by atoms with Crippen LogP contribution in [0.5, 0.6) is 0 Å². The fourth-order valence-electron chi connectivity index (χ4n) is 3.08. The monoisotopic (exact) mass is 352 g/mol. The highest BCUT2D eigenvalue weighted by atomic mass is 15.0. The largest absolute Gasteiger partial charge is 0.292 e. The molecule has 0 saturated heterocycles. The topological polar surface area (TPSA) is 17.3 Å². The molecule has 5 aromatic rings. The van der Waals surface area contributed by atoms with Gasteiger partial charge in [0.15, 0.2) is 0 Å². The summed E-state index contributed by atoms with van der Waals surface area (Å²) in [5, 5.41) is -0.251. The lowest BCUT2D eigenvalue weighted by atomic mass is 9.99. The molecule has 0 atom stereocenters. The normalized spacial score (nSPS) is 21.4. The predicted octanol–water partition coefficient (Wildman–Crippen LogP) is 6.23. The van der Waals surface area contributed by atoms with Crippen LogP contribution in [0.4, 0.5) is 0 Å². The highest BCUT2D eigenvalue weighted by Crippen LogP contribution is 2.35. The summed E-state index contributed by atoms with van der Waals surface area (Å²) in [5.41, 5.74) is -3.72. The van der Waals surface area contributed by atoms with Gasteiger partial charge >= 0.3 is 0 Å². The number of hydrogen-bond donors (Lipinski definition) is 0. The van der Waals surface area contributed by atoms with Crippen LogP contribution < -0.4 is 0 Å². The lowest BCUT2D eigenvalue weighted by Crippen LogP contribution is -1.96. The molecular weight excluding hydrogens is 316 g/mol. The van der Waals surface area contributed by atoms with E-state index in [9.17, 15) is 0 Å². The quantitative estimate of drug-likeness (QED) is 0.327. The Balaban J connectivity index is 2.26. The second kappa shape index (κ2) is 5.43. The van der Waals surface area contributed by atoms with Crippen LogP contribution in [-0.4, -0.2) is 9.38 Å². The van der Waals surface area contributed by atoms with Crippen molar-refractivity contribution in [2.45, 2.75) is 20.6 Å². The van der Waals surface area contributed by atoms with Crippen molar-refractivity contribution in [1.82, 2.24) is 9.38 Å². The van der Waals surface area contributed by atoms with Crippen molar-refractivity contribution in [3.8, 4) is 11.3 Å². The van der Waals surface area contributed by atoms with Crippen LogP contribution in [0.15, 0.2) is 66.6 Å². The second-order valence-electron chi connectivity index (χ2n) is 5.78. The number of rotatable bonds is 1. The van der Waals surface area contributed by atoms with E-state index in [4.69, 9.17) is 21.9 Å². The van der Waals surface area contributed by atoms with E-state index in [1.807, 2.05) is 0 Å². The van der Waals surface area contributed by atoms with E-state index in [-0.39, 0.29) is 38.9 Å². The van der Waals surface area contributed by atoms with E-state index < -0.39 is 90.6 Å². The van der Waals surface area contributed by atoms with Crippen molar-refractivity contribution >= 4 is 27.3 Å². The van der Waals surface area contributed by atoms with Gasteiger partial charge in [-0.3, -0.25) is 4.40 Å². The molecule has 0 spiro atoms. The molecule has 0 radical (unpaired) electrons. The molecule has 0 aliphatic rings. The summed E-state index contributed by atoms with van der Waals surface area (Å²) in [6.07, 6.45) is -0.748. The Hall–Kier alpha value is -3.13. The van der Waals surface area contributed by atoms with Crippen molar-refractivity contribution in [3.63, 3.8) is 0 Å². The molecule has 0 aliphatic carbocycles. The molecule has 126 valence electrons. The summed E-state index contributed by atoms with van der Waals surface area (Å²) >= 11 is 0. The van der Waals surface area contributed by atoms with Gasteiger partial charge in [0.25, 0.3) is 0 Å². The maximum Gasteiger partial charge on any atom is 0.145 e. The molecule has 0 unspecified atom stereocenters. The molecule has 0 aliphatic heterocycles. The predicted molar refractivity (Wildman–Crippen MR) is 110 cm³/mol. The highest BCUT2D eigenvalue weighted by Gasteiger charge is 2.16. The van der Waals surface area contributed by atoms with Gasteiger partial charge in [0.2, 0.25) is 0 Å². The van der Waals surface area contributed by atoms with Gasteiger partial charge in [-0.05, 0) is 49.2 Å². The Morgan fingerprint density at radius 1 is 0.923 bits per heavy atom. The molecule has 2 nitrogen and oxygen atoms in total. The first-order chi connectivity index (χ1) is 19.2. The smallest absolute Gasteiger partial charge is 0.145 e. The van der Waals surface area contributed by atoms with Gasteiger partial charge in [0.05, 0.1) is 31.1 Å². The average Bonchev–Trinajstić information content (AvgIpc) is 3.21. The Kier molecular flexibility index (Phi) is 1.24. The van der Waals surface area contributed by atoms with Crippen molar-refractivity contribution < 1.29 is 21.9 Å². The fourth-order valence-corrected chi connectivity index (χ4v) is 3.08. The van der Waals surface area contributed by atoms with Crippen LogP contribution in [0.1, 0.15) is 38.6 Å². The van der Waals surface area contributed by atoms with Gasteiger partial charge in [0.1, 0.15) is 5.65 Å². The molecule has 26 heavy (non-hydrogen) atoms. The molecule has 3 aromatic carbocycles. The molecule has 0 N–H and O–H groups in total. The highest BCUT2D eigenvalue weighted by molar-refractivity contribution is 6.12. The zero-order valence-electron chi connectivity index (χ0n) is 29.5. The zero-order valence-corrected chi connectivity index (χ0v) is 13.5. The van der Waals surface area contributed by atoms with Crippen LogP contribution in [0.25, 0.3) is 38.6 Å². The third-order valence-corrected chi connectivity index (χ3v) is 4.19. The number of imidazole rings is 1. The van der Waals surface area contributed by atoms with E-state index in [1.165, 1.54) is 6.92 Å². The number of pyridine rings is 1. The Labute approximate surface area is 175 Å². The van der Waals surface area contributed by atoms with Gasteiger partial charge in [-0.2, -0.15) is 0 Å². The lowest BCUT2D eigenvalue weighted by molar-refractivity contribution is 1.24. The number of nitrogens with zero attached hydrogens (tertiary/aromatic N) is 2. The van der Waals surface area contributed by atoms with Crippen LogP contribution in [-0.2, 0) is 0 Å². The van der Waals surface area contributed by atoms with E-state index in [1.54, 1.807) is 0 Å². The molecule has 2 heteroatoms. The van der Waals surface area contributed by atoms with Crippen LogP contribution in [0, 0.1) is 20.6 Å². The minimum atomic E-state index is -3.22. The summed E-state index contributed by atoms with van der Waals surface area (Å²) in [4.78, 5) is 4.19. The van der Waals surface area contributed by atoms with Gasteiger partial charge in [-0.1, -0.05) is 53.9 Å². The minimum Gasteiger partial charge on any atom is -0.292 e. The summed E-state index contributed by atoms with van der Waals surface area (Å²) in [7, 11) is 0. The maximum absolute atomic E-state index is 8.84. The molecule has 0 fully saturated rings. The van der Waals surface area contributed by atoms with E-state index in [0.717, 1.165) is 10.5 Å². The number of hydrogen-bond acceptors (Lipinski definition) is 1. The van der Waals surface area contributed by atoms with Crippen molar-refractivity contribution in [2.24, 2.45) is 0 Å². The fraction of sp³-hybridized carbons (Fsp3) is 0.125. The Morgan fingerprint density at radius 3 is 2.58 bits per heavy atom. The molecular formula is C24H20N2. The maximum atomic E-state index is 8.84. The summed E-state index contributed by atoms with van der Waals surface area (Å²) in [6.45, 7) is -5.04. The lowest BCUT2D eigenvalue weighted by Gasteiger charge is -2.14. The van der Waals surface area contributed by atoms with Crippen molar-refractivity contribution in [3.05, 3.63) is 83.3 Å². The molecule has 5 rings (SSSR count). The van der Waals surface area contributed by atoms with Gasteiger partial charge in [0, 0.05) is 24.6 Å². The first-order valence-corrected chi connectivity index (χ1v) is 7.70. The van der Waals surface area contributed by atoms with E-state index in [2.05, 4.69) is 4.98 Å². The standard InChI is InChI=1S/C24H20N2/c1-15-11-12-21-20(13-15)18-9-4-5-10-19(18)24-25-14-22(26(21)24)23-16(2)7-6-8-17(23)3/h4-14H,1-3H3/i2D3,3D3,4D,5D,6D,7D,8D,9D,11D,12D,13D,14D. The number of benzene rings is 3. The average molecular weight is 353 g/mol. The summed E-state index contributed by atoms with van der Waals surface area (Å²) in [5.74, 6) is 0. The number of fused-ring (bicyclic) bond motifs is 6. The molecule has 0 saturated carbocycles. The summed E-state index contributed by atoms with van der Waals surface area (Å²) < 4.78 is 135. The van der Waals surface area contributed by atoms with Crippen LogP contribution >= 0.6 is 0 Å². The zero-order chi connectivity index (χ0) is 31.5. The third kappa shape index (κ3) is 2.02. The first kappa shape index (κ1) is 5.95. The molecule has 2 heterocycles. The SMILES string of the molecule is [2H]c1cc2c(c([2H])c1[2H])c1c([2H])c(C)c([2H])c([2H])c1n1c(-c3c(C([2H])([2H])[2H])c([2H])c([2H])c([2H])c3C([2H])([2H])[2H])c([2H])nc21. The third-order valence-electron chi connectivity index (χ3n) is 4.19. The summed E-state index contributed by atoms with van der Waals surface area (Å²) in [6, 6.07) is -4.42. The van der Waals surface area contributed by atoms with Crippen LogP contribution in [0.3, 0.4) is 0 Å². The molecule has 2 aromatic heterocycles. The first-order valence-electron chi connectivity index (χ1n) is 15.7. The second-order valence-corrected chi connectivity index (χ2v) is 5.78. The molecule has 0 bridgehead atoms.